The van der Waals surface area contributed by atoms with Crippen molar-refractivity contribution in [2.45, 2.75) is 13.8 Å². The molecule has 0 spiro atoms. The van der Waals surface area contributed by atoms with E-state index in [9.17, 15) is 4.79 Å². The van der Waals surface area contributed by atoms with E-state index in [0.717, 1.165) is 22.6 Å². The molecule has 126 valence electrons. The van der Waals surface area contributed by atoms with Gasteiger partial charge in [0.2, 0.25) is 5.91 Å². The van der Waals surface area contributed by atoms with Crippen molar-refractivity contribution >= 4 is 34.6 Å². The largest absolute Gasteiger partial charge is 0.340 e. The lowest BCUT2D eigenvalue weighted by Gasteiger charge is -2.11. The van der Waals surface area contributed by atoms with Gasteiger partial charge in [-0.15, -0.1) is 0 Å². The standard InChI is InChI=1S/C19H19N5O/c1-13-6-3-4-9-17(13)24-19-11-18(20-12-21-19)23-16-8-5-7-15(10-16)22-14(2)25/h3-12H,1-2H3,(H,22,25)(H2,20,21,23,24). The molecule has 2 aromatic carbocycles. The molecule has 0 bridgehead atoms. The Balaban J connectivity index is 1.76. The number of hydrogen-bond acceptors (Lipinski definition) is 5. The van der Waals surface area contributed by atoms with Gasteiger partial charge in [0.15, 0.2) is 0 Å². The van der Waals surface area contributed by atoms with Gasteiger partial charge in [-0.2, -0.15) is 0 Å². The Morgan fingerprint density at radius 2 is 1.60 bits per heavy atom. The summed E-state index contributed by atoms with van der Waals surface area (Å²) in [6.45, 7) is 3.52. The Kier molecular flexibility index (Phi) is 4.89. The lowest BCUT2D eigenvalue weighted by atomic mass is 10.2. The van der Waals surface area contributed by atoms with Crippen molar-refractivity contribution < 1.29 is 4.79 Å². The zero-order chi connectivity index (χ0) is 17.6. The number of nitrogens with zero attached hydrogens (tertiary/aromatic N) is 2. The maximum atomic E-state index is 11.2. The van der Waals surface area contributed by atoms with Crippen LogP contribution in [0, 0.1) is 6.92 Å². The van der Waals surface area contributed by atoms with E-state index in [4.69, 9.17) is 0 Å². The predicted octanol–water partition coefficient (Wildman–Crippen LogP) is 4.23. The number of amides is 1. The van der Waals surface area contributed by atoms with Crippen molar-refractivity contribution in [3.63, 3.8) is 0 Å². The molecule has 1 heterocycles. The second-order valence-corrected chi connectivity index (χ2v) is 5.62. The number of para-hydroxylation sites is 1. The highest BCUT2D eigenvalue weighted by molar-refractivity contribution is 5.89. The van der Waals surface area contributed by atoms with E-state index in [1.165, 1.54) is 13.3 Å². The smallest absolute Gasteiger partial charge is 0.221 e. The Morgan fingerprint density at radius 1 is 0.880 bits per heavy atom. The maximum Gasteiger partial charge on any atom is 0.221 e. The topological polar surface area (TPSA) is 78.9 Å². The molecule has 1 amide bonds. The molecule has 0 aliphatic rings. The Hall–Kier alpha value is -3.41. The average Bonchev–Trinajstić information content (AvgIpc) is 2.57. The van der Waals surface area contributed by atoms with Crippen LogP contribution in [0.25, 0.3) is 0 Å². The summed E-state index contributed by atoms with van der Waals surface area (Å²) < 4.78 is 0. The first-order chi connectivity index (χ1) is 12.1. The van der Waals surface area contributed by atoms with Crippen LogP contribution in [-0.4, -0.2) is 15.9 Å². The molecular weight excluding hydrogens is 314 g/mol. The number of hydrogen-bond donors (Lipinski definition) is 3. The lowest BCUT2D eigenvalue weighted by Crippen LogP contribution is -2.06. The van der Waals surface area contributed by atoms with Gasteiger partial charge in [0.1, 0.15) is 18.0 Å². The molecule has 3 N–H and O–H groups in total. The van der Waals surface area contributed by atoms with Crippen molar-refractivity contribution in [2.24, 2.45) is 0 Å². The number of carbonyl (C=O) groups excluding carboxylic acids is 1. The molecule has 0 fully saturated rings. The molecule has 6 nitrogen and oxygen atoms in total. The van der Waals surface area contributed by atoms with Crippen molar-refractivity contribution in [1.82, 2.24) is 9.97 Å². The third kappa shape index (κ3) is 4.54. The van der Waals surface area contributed by atoms with Crippen LogP contribution in [0.15, 0.2) is 60.9 Å². The molecule has 0 atom stereocenters. The van der Waals surface area contributed by atoms with Gasteiger partial charge in [0.05, 0.1) is 0 Å². The highest BCUT2D eigenvalue weighted by Crippen LogP contribution is 2.22. The minimum Gasteiger partial charge on any atom is -0.340 e. The summed E-state index contributed by atoms with van der Waals surface area (Å²) in [6, 6.07) is 17.3. The van der Waals surface area contributed by atoms with E-state index >= 15 is 0 Å². The fourth-order valence-corrected chi connectivity index (χ4v) is 2.37. The van der Waals surface area contributed by atoms with Crippen LogP contribution in [0.1, 0.15) is 12.5 Å². The number of aryl methyl sites for hydroxylation is 1. The third-order valence-electron chi connectivity index (χ3n) is 3.53. The van der Waals surface area contributed by atoms with E-state index in [2.05, 4.69) is 25.9 Å². The Bertz CT molecular complexity index is 894. The fraction of sp³-hybridized carbons (Fsp3) is 0.105. The molecule has 6 heteroatoms. The van der Waals surface area contributed by atoms with Crippen LogP contribution in [-0.2, 0) is 4.79 Å². The van der Waals surface area contributed by atoms with Crippen molar-refractivity contribution in [3.8, 4) is 0 Å². The predicted molar refractivity (Wildman–Crippen MR) is 101 cm³/mol. The van der Waals surface area contributed by atoms with Gasteiger partial charge in [0, 0.05) is 30.1 Å². The first kappa shape index (κ1) is 16.4. The normalized spacial score (nSPS) is 10.2. The summed E-state index contributed by atoms with van der Waals surface area (Å²) in [6.07, 6.45) is 1.50. The summed E-state index contributed by atoms with van der Waals surface area (Å²) in [5.74, 6) is 1.25. The summed E-state index contributed by atoms with van der Waals surface area (Å²) >= 11 is 0. The summed E-state index contributed by atoms with van der Waals surface area (Å²) in [4.78, 5) is 19.7. The molecular formula is C19H19N5O. The van der Waals surface area contributed by atoms with Crippen LogP contribution in [0.2, 0.25) is 0 Å². The molecule has 0 radical (unpaired) electrons. The number of benzene rings is 2. The average molecular weight is 333 g/mol. The van der Waals surface area contributed by atoms with Gasteiger partial charge in [0.25, 0.3) is 0 Å². The minimum atomic E-state index is -0.107. The summed E-state index contributed by atoms with van der Waals surface area (Å²) in [5, 5.41) is 9.26. The Morgan fingerprint density at radius 3 is 2.36 bits per heavy atom. The maximum absolute atomic E-state index is 11.2. The lowest BCUT2D eigenvalue weighted by molar-refractivity contribution is -0.114. The van der Waals surface area contributed by atoms with Crippen LogP contribution in [0.5, 0.6) is 0 Å². The van der Waals surface area contributed by atoms with Crippen LogP contribution >= 0.6 is 0 Å². The highest BCUT2D eigenvalue weighted by atomic mass is 16.1. The quantitative estimate of drug-likeness (QED) is 0.651. The second kappa shape index (κ2) is 7.44. The molecule has 0 aliphatic carbocycles. The van der Waals surface area contributed by atoms with Crippen LogP contribution < -0.4 is 16.0 Å². The molecule has 0 saturated carbocycles. The van der Waals surface area contributed by atoms with Gasteiger partial charge in [-0.1, -0.05) is 24.3 Å². The van der Waals surface area contributed by atoms with Gasteiger partial charge >= 0.3 is 0 Å². The Labute approximate surface area is 146 Å². The van der Waals surface area contributed by atoms with Crippen LogP contribution in [0.4, 0.5) is 28.7 Å². The van der Waals surface area contributed by atoms with E-state index in [0.29, 0.717) is 11.6 Å². The van der Waals surface area contributed by atoms with Gasteiger partial charge in [-0.25, -0.2) is 9.97 Å². The van der Waals surface area contributed by atoms with E-state index in [1.54, 1.807) is 0 Å². The summed E-state index contributed by atoms with van der Waals surface area (Å²) in [5.41, 5.74) is 3.69. The van der Waals surface area contributed by atoms with Gasteiger partial charge in [-0.05, 0) is 36.8 Å². The first-order valence-corrected chi connectivity index (χ1v) is 7.89. The first-order valence-electron chi connectivity index (χ1n) is 7.89. The number of rotatable bonds is 5. The second-order valence-electron chi connectivity index (χ2n) is 5.62. The fourth-order valence-electron chi connectivity index (χ4n) is 2.37. The zero-order valence-corrected chi connectivity index (χ0v) is 14.1. The molecule has 25 heavy (non-hydrogen) atoms. The van der Waals surface area contributed by atoms with E-state index < -0.39 is 0 Å². The van der Waals surface area contributed by atoms with Crippen molar-refractivity contribution in [3.05, 3.63) is 66.5 Å². The van der Waals surface area contributed by atoms with Crippen molar-refractivity contribution in [1.29, 1.82) is 0 Å². The molecule has 1 aromatic heterocycles. The SMILES string of the molecule is CC(=O)Nc1cccc(Nc2cc(Nc3ccccc3C)ncn2)c1. The van der Waals surface area contributed by atoms with E-state index in [1.807, 2.05) is 61.5 Å². The molecule has 0 saturated heterocycles. The number of aromatic nitrogens is 2. The van der Waals surface area contributed by atoms with Crippen molar-refractivity contribution in [2.75, 3.05) is 16.0 Å². The third-order valence-corrected chi connectivity index (χ3v) is 3.53. The molecule has 0 unspecified atom stereocenters. The molecule has 3 aromatic rings. The van der Waals surface area contributed by atoms with Gasteiger partial charge < -0.3 is 16.0 Å². The van der Waals surface area contributed by atoms with E-state index in [-0.39, 0.29) is 5.91 Å². The monoisotopic (exact) mass is 333 g/mol. The molecule has 0 aliphatic heterocycles. The molecule has 3 rings (SSSR count). The minimum absolute atomic E-state index is 0.107. The number of nitrogens with one attached hydrogen (secondary N) is 3. The summed E-state index contributed by atoms with van der Waals surface area (Å²) in [7, 11) is 0. The van der Waals surface area contributed by atoms with Crippen LogP contribution in [0.3, 0.4) is 0 Å². The number of anilines is 5. The number of carbonyl (C=O) groups is 1. The zero-order valence-electron chi connectivity index (χ0n) is 14.1. The van der Waals surface area contributed by atoms with Gasteiger partial charge in [-0.3, -0.25) is 4.79 Å². The highest BCUT2D eigenvalue weighted by Gasteiger charge is 2.03.